The van der Waals surface area contributed by atoms with E-state index in [0.29, 0.717) is 17.3 Å². The molecule has 2 rings (SSSR count). The van der Waals surface area contributed by atoms with Crippen molar-refractivity contribution < 1.29 is 12.9 Å². The number of sulfonamides is 1. The fraction of sp³-hybridized carbons (Fsp3) is 0.333. The van der Waals surface area contributed by atoms with E-state index in [2.05, 4.69) is 19.8 Å². The number of hydrogen-bond donors (Lipinski definition) is 2. The number of nitrogens with zero attached hydrogens (tertiary/aromatic N) is 2. The van der Waals surface area contributed by atoms with Crippen LogP contribution in [0.2, 0.25) is 0 Å². The van der Waals surface area contributed by atoms with E-state index in [4.69, 9.17) is 4.52 Å². The van der Waals surface area contributed by atoms with Gasteiger partial charge in [0.2, 0.25) is 0 Å². The van der Waals surface area contributed by atoms with Gasteiger partial charge in [0.1, 0.15) is 11.6 Å². The topological polar surface area (TPSA) is 101 Å². The second-order valence-corrected chi connectivity index (χ2v) is 5.32. The van der Waals surface area contributed by atoms with Crippen LogP contribution in [0.3, 0.4) is 0 Å². The van der Waals surface area contributed by atoms with Crippen LogP contribution in [0.1, 0.15) is 17.3 Å². The van der Waals surface area contributed by atoms with Gasteiger partial charge in [0.25, 0.3) is 10.0 Å². The van der Waals surface area contributed by atoms with Crippen molar-refractivity contribution in [3.05, 3.63) is 29.5 Å². The number of aromatic amines is 1. The molecule has 2 N–H and O–H groups in total. The Labute approximate surface area is 98.3 Å². The van der Waals surface area contributed by atoms with Crippen LogP contribution in [-0.2, 0) is 16.6 Å². The highest BCUT2D eigenvalue weighted by atomic mass is 32.2. The van der Waals surface area contributed by atoms with Crippen molar-refractivity contribution in [2.75, 3.05) is 0 Å². The van der Waals surface area contributed by atoms with Crippen LogP contribution in [0.4, 0.5) is 0 Å². The maximum Gasteiger partial charge on any atom is 0.257 e. The monoisotopic (exact) mass is 256 g/mol. The van der Waals surface area contributed by atoms with Crippen molar-refractivity contribution >= 4 is 10.0 Å². The summed E-state index contributed by atoms with van der Waals surface area (Å²) >= 11 is 0. The van der Waals surface area contributed by atoms with E-state index in [1.54, 1.807) is 19.9 Å². The first-order chi connectivity index (χ1) is 7.97. The molecule has 0 aliphatic carbocycles. The number of imidazole rings is 1. The third kappa shape index (κ3) is 2.71. The number of rotatable bonds is 4. The highest BCUT2D eigenvalue weighted by Crippen LogP contribution is 2.07. The molecular weight excluding hydrogens is 244 g/mol. The second kappa shape index (κ2) is 4.30. The van der Waals surface area contributed by atoms with E-state index >= 15 is 0 Å². The van der Waals surface area contributed by atoms with E-state index in [9.17, 15) is 8.42 Å². The fourth-order valence-electron chi connectivity index (χ4n) is 1.28. The molecule has 0 aliphatic rings. The Morgan fingerprint density at radius 1 is 1.47 bits per heavy atom. The van der Waals surface area contributed by atoms with Gasteiger partial charge < -0.3 is 9.51 Å². The fourth-order valence-corrected chi connectivity index (χ4v) is 2.25. The van der Waals surface area contributed by atoms with E-state index in [1.807, 2.05) is 0 Å². The summed E-state index contributed by atoms with van der Waals surface area (Å²) in [6.45, 7) is 3.50. The molecule has 7 nitrogen and oxygen atoms in total. The van der Waals surface area contributed by atoms with Gasteiger partial charge in [0.15, 0.2) is 5.03 Å². The van der Waals surface area contributed by atoms with Crippen LogP contribution in [0.5, 0.6) is 0 Å². The minimum Gasteiger partial charge on any atom is -0.361 e. The van der Waals surface area contributed by atoms with Crippen LogP contribution >= 0.6 is 0 Å². The third-order valence-electron chi connectivity index (χ3n) is 2.09. The highest BCUT2D eigenvalue weighted by Gasteiger charge is 2.16. The predicted octanol–water partition coefficient (Wildman–Crippen LogP) is 0.493. The van der Waals surface area contributed by atoms with Crippen LogP contribution in [0.15, 0.2) is 21.8 Å². The van der Waals surface area contributed by atoms with Crippen LogP contribution in [-0.4, -0.2) is 23.5 Å². The lowest BCUT2D eigenvalue weighted by Crippen LogP contribution is -2.23. The first-order valence-corrected chi connectivity index (χ1v) is 6.39. The molecule has 8 heteroatoms. The van der Waals surface area contributed by atoms with Gasteiger partial charge >= 0.3 is 0 Å². The third-order valence-corrected chi connectivity index (χ3v) is 3.40. The summed E-state index contributed by atoms with van der Waals surface area (Å²) in [5.41, 5.74) is 0.530. The molecule has 2 aromatic rings. The minimum absolute atomic E-state index is 0.0372. The normalized spacial score (nSPS) is 11.9. The summed E-state index contributed by atoms with van der Waals surface area (Å²) in [6, 6.07) is 1.67. The van der Waals surface area contributed by atoms with Gasteiger partial charge in [-0.05, 0) is 13.8 Å². The number of H-pyrrole nitrogens is 1. The molecule has 0 radical (unpaired) electrons. The predicted molar refractivity (Wildman–Crippen MR) is 58.6 cm³/mol. The molecule has 0 atom stereocenters. The first-order valence-electron chi connectivity index (χ1n) is 4.91. The van der Waals surface area contributed by atoms with E-state index in [1.165, 1.54) is 6.20 Å². The molecule has 0 saturated heterocycles. The Morgan fingerprint density at radius 2 is 2.24 bits per heavy atom. The van der Waals surface area contributed by atoms with Gasteiger partial charge in [-0.15, -0.1) is 0 Å². The van der Waals surface area contributed by atoms with Crippen molar-refractivity contribution in [3.63, 3.8) is 0 Å². The van der Waals surface area contributed by atoms with Crippen LogP contribution in [0.25, 0.3) is 0 Å². The molecule has 92 valence electrons. The average molecular weight is 256 g/mol. The molecule has 0 bridgehead atoms. The zero-order chi connectivity index (χ0) is 12.5. The maximum atomic E-state index is 11.8. The summed E-state index contributed by atoms with van der Waals surface area (Å²) in [6.07, 6.45) is 1.27. The van der Waals surface area contributed by atoms with Gasteiger partial charge in [0, 0.05) is 6.07 Å². The smallest absolute Gasteiger partial charge is 0.257 e. The summed E-state index contributed by atoms with van der Waals surface area (Å²) in [5.74, 6) is 1.18. The molecule has 0 aliphatic heterocycles. The van der Waals surface area contributed by atoms with Crippen molar-refractivity contribution in [2.45, 2.75) is 25.4 Å². The molecule has 0 saturated carbocycles. The summed E-state index contributed by atoms with van der Waals surface area (Å²) in [5, 5.41) is 3.73. The molecule has 2 heterocycles. The lowest BCUT2D eigenvalue weighted by Gasteiger charge is -2.01. The van der Waals surface area contributed by atoms with Gasteiger partial charge in [-0.1, -0.05) is 5.16 Å². The highest BCUT2D eigenvalue weighted by molar-refractivity contribution is 7.89. The quantitative estimate of drug-likeness (QED) is 0.829. The van der Waals surface area contributed by atoms with Gasteiger partial charge in [-0.2, -0.15) is 0 Å². The Morgan fingerprint density at radius 3 is 2.76 bits per heavy atom. The molecule has 0 aromatic carbocycles. The van der Waals surface area contributed by atoms with Crippen molar-refractivity contribution in [1.29, 1.82) is 0 Å². The van der Waals surface area contributed by atoms with E-state index in [0.717, 1.165) is 0 Å². The van der Waals surface area contributed by atoms with Gasteiger partial charge in [-0.3, -0.25) is 0 Å². The number of aromatic nitrogens is 3. The van der Waals surface area contributed by atoms with Crippen molar-refractivity contribution in [3.8, 4) is 0 Å². The zero-order valence-corrected chi connectivity index (χ0v) is 10.2. The summed E-state index contributed by atoms with van der Waals surface area (Å²) in [4.78, 5) is 6.49. The SMILES string of the molecule is Cc1ncc(S(=O)(=O)NCc2cc(C)on2)[nH]1. The van der Waals surface area contributed by atoms with E-state index in [-0.39, 0.29) is 11.6 Å². The Bertz CT molecular complexity index is 614. The summed E-state index contributed by atoms with van der Waals surface area (Å²) in [7, 11) is -3.58. The molecular formula is C9H12N4O3S. The number of nitrogens with one attached hydrogen (secondary N) is 2. The lowest BCUT2D eigenvalue weighted by atomic mass is 10.4. The first kappa shape index (κ1) is 11.8. The van der Waals surface area contributed by atoms with Crippen LogP contribution < -0.4 is 4.72 Å². The minimum atomic E-state index is -3.58. The molecule has 0 spiro atoms. The van der Waals surface area contributed by atoms with Crippen molar-refractivity contribution in [1.82, 2.24) is 19.8 Å². The van der Waals surface area contributed by atoms with E-state index < -0.39 is 10.0 Å². The summed E-state index contributed by atoms with van der Waals surface area (Å²) < 4.78 is 30.8. The van der Waals surface area contributed by atoms with Crippen molar-refractivity contribution in [2.24, 2.45) is 0 Å². The molecule has 17 heavy (non-hydrogen) atoms. The molecule has 0 unspecified atom stereocenters. The largest absolute Gasteiger partial charge is 0.361 e. The van der Waals surface area contributed by atoms with Gasteiger partial charge in [0.05, 0.1) is 18.4 Å². The number of hydrogen-bond acceptors (Lipinski definition) is 5. The number of aryl methyl sites for hydroxylation is 2. The zero-order valence-electron chi connectivity index (χ0n) is 9.39. The average Bonchev–Trinajstić information content (AvgIpc) is 2.85. The molecule has 2 aromatic heterocycles. The standard InChI is InChI=1S/C9H12N4O3S/c1-6-3-8(13-16-6)4-11-17(14,15)9-5-10-7(2)12-9/h3,5,11H,4H2,1-2H3,(H,10,12). The lowest BCUT2D eigenvalue weighted by molar-refractivity contribution is 0.390. The molecule has 0 fully saturated rings. The Kier molecular flexibility index (Phi) is 2.99. The Hall–Kier alpha value is -1.67. The second-order valence-electron chi connectivity index (χ2n) is 3.59. The Balaban J connectivity index is 2.08. The van der Waals surface area contributed by atoms with Gasteiger partial charge in [-0.25, -0.2) is 18.1 Å². The van der Waals surface area contributed by atoms with Crippen LogP contribution in [0, 0.1) is 13.8 Å². The maximum absolute atomic E-state index is 11.8. The molecule has 0 amide bonds.